The standard InChI is InChI=1S/C36H36O19/c1-13-26(43)29(46)31(48)35(51-13)55-34-28(45)25-20(41)10-16(37)11-22(25)52-33(34)15-4-6-18(39)21(9-15)53-36-32(49)30(47)27(44)23(54-36)12-50-24(42)7-3-14-2-5-17(38)19(40)8-14/h2-11,13,23,26-27,29-32,35-41,43-44,46-49H,12H2,1H3/b7-3+/t13-,23-,26-,27-,29+,30+,31-,32-,35+,36-/m1/s1. The van der Waals surface area contributed by atoms with Crippen LogP contribution < -0.4 is 14.9 Å². The first-order valence-electron chi connectivity index (χ1n) is 16.5. The van der Waals surface area contributed by atoms with Crippen LogP contribution in [0.4, 0.5) is 0 Å². The minimum atomic E-state index is -1.94. The predicted octanol–water partition coefficient (Wildman–Crippen LogP) is -0.363. The van der Waals surface area contributed by atoms with Gasteiger partial charge in [-0.3, -0.25) is 4.79 Å². The molecule has 3 heterocycles. The Kier molecular flexibility index (Phi) is 11.1. The Hall–Kier alpha value is -5.64. The number of esters is 1. The zero-order chi connectivity index (χ0) is 39.9. The summed E-state index contributed by atoms with van der Waals surface area (Å²) in [6.07, 6.45) is -14.7. The number of rotatable bonds is 9. The molecule has 0 aliphatic carbocycles. The van der Waals surface area contributed by atoms with E-state index in [1.807, 2.05) is 0 Å². The number of hydrogen-bond acceptors (Lipinski definition) is 19. The summed E-state index contributed by atoms with van der Waals surface area (Å²) in [5.74, 6) is -5.11. The highest BCUT2D eigenvalue weighted by Gasteiger charge is 2.46. The first kappa shape index (κ1) is 39.1. The lowest BCUT2D eigenvalue weighted by Gasteiger charge is -2.39. The van der Waals surface area contributed by atoms with Gasteiger partial charge in [0.05, 0.1) is 6.10 Å². The zero-order valence-electron chi connectivity index (χ0n) is 28.4. The average Bonchev–Trinajstić information content (AvgIpc) is 3.14. The van der Waals surface area contributed by atoms with Gasteiger partial charge in [-0.15, -0.1) is 0 Å². The van der Waals surface area contributed by atoms with E-state index in [-0.39, 0.29) is 16.9 Å². The lowest BCUT2D eigenvalue weighted by Crippen LogP contribution is -2.60. The fraction of sp³-hybridized carbons (Fsp3) is 0.333. The van der Waals surface area contributed by atoms with Crippen LogP contribution in [0.3, 0.4) is 0 Å². The molecule has 2 aliphatic rings. The van der Waals surface area contributed by atoms with Crippen molar-refractivity contribution in [2.75, 3.05) is 6.61 Å². The van der Waals surface area contributed by atoms with Crippen LogP contribution in [0, 0.1) is 0 Å². The van der Waals surface area contributed by atoms with Crippen LogP contribution >= 0.6 is 0 Å². The van der Waals surface area contributed by atoms with Gasteiger partial charge in [0, 0.05) is 23.8 Å². The Morgan fingerprint density at radius 1 is 0.727 bits per heavy atom. The molecule has 6 rings (SSSR count). The average molecular weight is 773 g/mol. The minimum absolute atomic E-state index is 0.103. The maximum atomic E-state index is 13.8. The van der Waals surface area contributed by atoms with Gasteiger partial charge >= 0.3 is 5.97 Å². The van der Waals surface area contributed by atoms with Crippen molar-refractivity contribution in [3.8, 4) is 51.6 Å². The highest BCUT2D eigenvalue weighted by molar-refractivity contribution is 5.88. The van der Waals surface area contributed by atoms with E-state index in [0.717, 1.165) is 30.3 Å². The molecule has 0 bridgehead atoms. The molecule has 2 aliphatic heterocycles. The lowest BCUT2D eigenvalue weighted by atomic mass is 9.99. The van der Waals surface area contributed by atoms with Gasteiger partial charge in [-0.1, -0.05) is 6.07 Å². The van der Waals surface area contributed by atoms with Crippen molar-refractivity contribution in [1.29, 1.82) is 0 Å². The minimum Gasteiger partial charge on any atom is -0.508 e. The SMILES string of the molecule is C[C@H]1O[C@@H](Oc2c(-c3ccc(O)c(O[C@@H]4O[C@H](COC(=O)/C=C/c5ccc(O)c(O)c5)[C@@H](O)[C@H](O)[C@H]4O)c3)oc3cc(O)cc(O)c3c2=O)[C@H](O)[C@@H](O)[C@@H]1O. The molecule has 19 heteroatoms. The molecule has 2 fully saturated rings. The molecule has 0 radical (unpaired) electrons. The first-order chi connectivity index (χ1) is 26.0. The van der Waals surface area contributed by atoms with Crippen molar-refractivity contribution >= 4 is 23.0 Å². The highest BCUT2D eigenvalue weighted by atomic mass is 16.7. The monoisotopic (exact) mass is 772 g/mol. The molecule has 0 spiro atoms. The summed E-state index contributed by atoms with van der Waals surface area (Å²) in [6, 6.07) is 9.01. The van der Waals surface area contributed by atoms with E-state index in [1.165, 1.54) is 37.3 Å². The summed E-state index contributed by atoms with van der Waals surface area (Å²) >= 11 is 0. The van der Waals surface area contributed by atoms with Gasteiger partial charge in [-0.25, -0.2) is 4.79 Å². The molecule has 55 heavy (non-hydrogen) atoms. The van der Waals surface area contributed by atoms with Crippen molar-refractivity contribution < 1.29 is 89.1 Å². The Bertz CT molecular complexity index is 2150. The zero-order valence-corrected chi connectivity index (χ0v) is 28.4. The van der Waals surface area contributed by atoms with Gasteiger partial charge in [-0.05, 0) is 48.9 Å². The van der Waals surface area contributed by atoms with Gasteiger partial charge in [0.1, 0.15) is 71.8 Å². The van der Waals surface area contributed by atoms with E-state index in [4.69, 9.17) is 28.1 Å². The summed E-state index contributed by atoms with van der Waals surface area (Å²) in [5.41, 5.74) is -1.15. The van der Waals surface area contributed by atoms with E-state index < -0.39 is 125 Å². The molecule has 0 saturated carbocycles. The van der Waals surface area contributed by atoms with E-state index in [2.05, 4.69) is 0 Å². The van der Waals surface area contributed by atoms with Crippen molar-refractivity contribution in [2.45, 2.75) is 68.3 Å². The number of phenolic OH excluding ortho intramolecular Hbond substituents is 5. The third-order valence-corrected chi connectivity index (χ3v) is 8.89. The number of carbonyl (C=O) groups excluding carboxylic acids is 1. The molecule has 2 saturated heterocycles. The van der Waals surface area contributed by atoms with Gasteiger partial charge in [0.25, 0.3) is 0 Å². The molecule has 3 aromatic carbocycles. The molecule has 1 aromatic heterocycles. The van der Waals surface area contributed by atoms with Gasteiger partial charge in [-0.2, -0.15) is 0 Å². The van der Waals surface area contributed by atoms with Crippen LogP contribution in [0.1, 0.15) is 12.5 Å². The largest absolute Gasteiger partial charge is 0.508 e. The number of hydrogen-bond donors (Lipinski definition) is 11. The maximum absolute atomic E-state index is 13.8. The van der Waals surface area contributed by atoms with Crippen LogP contribution in [0.15, 0.2) is 63.8 Å². The second kappa shape index (κ2) is 15.6. The van der Waals surface area contributed by atoms with Crippen molar-refractivity contribution in [3.63, 3.8) is 0 Å². The molecule has 10 atom stereocenters. The van der Waals surface area contributed by atoms with Gasteiger partial charge < -0.3 is 84.3 Å². The Morgan fingerprint density at radius 2 is 1.40 bits per heavy atom. The number of fused-ring (bicyclic) bond motifs is 1. The molecule has 0 unspecified atom stereocenters. The Balaban J connectivity index is 1.27. The number of aliphatic hydroxyl groups excluding tert-OH is 6. The quantitative estimate of drug-likeness (QED) is 0.0588. The fourth-order valence-corrected chi connectivity index (χ4v) is 5.84. The second-order valence-corrected chi connectivity index (χ2v) is 12.8. The topological polar surface area (TPSA) is 316 Å². The summed E-state index contributed by atoms with van der Waals surface area (Å²) in [6.45, 7) is 0.705. The summed E-state index contributed by atoms with van der Waals surface area (Å²) < 4.78 is 33.5. The number of benzene rings is 3. The molecular weight excluding hydrogens is 736 g/mol. The maximum Gasteiger partial charge on any atom is 0.330 e. The highest BCUT2D eigenvalue weighted by Crippen LogP contribution is 2.40. The molecular formula is C36H36O19. The third-order valence-electron chi connectivity index (χ3n) is 8.89. The van der Waals surface area contributed by atoms with E-state index in [0.29, 0.717) is 5.56 Å². The number of aromatic hydroxyl groups is 5. The van der Waals surface area contributed by atoms with Crippen LogP contribution in [0.25, 0.3) is 28.4 Å². The van der Waals surface area contributed by atoms with Crippen LogP contribution in [-0.2, 0) is 19.0 Å². The summed E-state index contributed by atoms with van der Waals surface area (Å²) in [7, 11) is 0. The number of carbonyl (C=O) groups is 1. The Labute approximate surface area is 308 Å². The Morgan fingerprint density at radius 3 is 2.11 bits per heavy atom. The molecule has 11 N–H and O–H groups in total. The van der Waals surface area contributed by atoms with Crippen molar-refractivity contribution in [2.24, 2.45) is 0 Å². The number of phenols is 5. The van der Waals surface area contributed by atoms with Crippen molar-refractivity contribution in [3.05, 3.63) is 70.4 Å². The fourth-order valence-electron chi connectivity index (χ4n) is 5.84. The van der Waals surface area contributed by atoms with Crippen LogP contribution in [0.2, 0.25) is 0 Å². The molecule has 294 valence electrons. The lowest BCUT2D eigenvalue weighted by molar-refractivity contribution is -0.278. The normalized spacial score (nSPS) is 28.3. The smallest absolute Gasteiger partial charge is 0.330 e. The van der Waals surface area contributed by atoms with E-state index >= 15 is 0 Å². The van der Waals surface area contributed by atoms with Crippen molar-refractivity contribution in [1.82, 2.24) is 0 Å². The van der Waals surface area contributed by atoms with Crippen LogP contribution in [0.5, 0.6) is 40.2 Å². The number of aliphatic hydroxyl groups is 6. The number of ether oxygens (including phenoxy) is 5. The third kappa shape index (κ3) is 7.95. The summed E-state index contributed by atoms with van der Waals surface area (Å²) in [4.78, 5) is 26.2. The van der Waals surface area contributed by atoms with E-state index in [9.17, 15) is 65.8 Å². The second-order valence-electron chi connectivity index (χ2n) is 12.8. The van der Waals surface area contributed by atoms with Gasteiger partial charge in [0.2, 0.25) is 23.8 Å². The predicted molar refractivity (Wildman–Crippen MR) is 183 cm³/mol. The van der Waals surface area contributed by atoms with Gasteiger partial charge in [0.15, 0.2) is 28.8 Å². The molecule has 0 amide bonds. The molecule has 19 nitrogen and oxygen atoms in total. The first-order valence-corrected chi connectivity index (χ1v) is 16.5. The summed E-state index contributed by atoms with van der Waals surface area (Å²) in [5, 5.41) is 113. The van der Waals surface area contributed by atoms with Crippen LogP contribution in [-0.4, -0.2) is 130 Å². The van der Waals surface area contributed by atoms with E-state index in [1.54, 1.807) is 0 Å². The molecule has 4 aromatic rings.